The van der Waals surface area contributed by atoms with Gasteiger partial charge in [-0.25, -0.2) is 0 Å². The normalized spacial score (nSPS) is 13.1. The molecule has 0 fully saturated rings. The van der Waals surface area contributed by atoms with Crippen molar-refractivity contribution >= 4 is 59.5 Å². The van der Waals surface area contributed by atoms with Crippen LogP contribution in [0.25, 0.3) is 99.5 Å². The van der Waals surface area contributed by atoms with E-state index in [0.29, 0.717) is 0 Å². The molecule has 0 radical (unpaired) electrons. The number of benzene rings is 9. The Morgan fingerprint density at radius 1 is 0.333 bits per heavy atom. The van der Waals surface area contributed by atoms with E-state index < -0.39 is 0 Å². The first-order valence-corrected chi connectivity index (χ1v) is 21.5. The van der Waals surface area contributed by atoms with Gasteiger partial charge in [0.15, 0.2) is 0 Å². The fourth-order valence-corrected chi connectivity index (χ4v) is 10.6. The first kappa shape index (κ1) is 35.0. The molecule has 0 amide bonds. The molecule has 3 heteroatoms. The molecule has 0 bridgehead atoms. The van der Waals surface area contributed by atoms with Crippen LogP contribution in [0.3, 0.4) is 0 Å². The number of fused-ring (bicyclic) bond motifs is 9. The van der Waals surface area contributed by atoms with E-state index in [1.165, 1.54) is 99.4 Å². The van der Waals surface area contributed by atoms with Gasteiger partial charge in [0.1, 0.15) is 0 Å². The fourth-order valence-electron chi connectivity index (χ4n) is 10.1. The molecule has 1 aliphatic rings. The molecule has 2 heterocycles. The van der Waals surface area contributed by atoms with Gasteiger partial charge >= 0.3 is 0 Å². The number of rotatable bonds is 5. The van der Waals surface area contributed by atoms with E-state index in [4.69, 9.17) is 0 Å². The Morgan fingerprint density at radius 2 is 0.833 bits per heavy atom. The third-order valence-corrected chi connectivity index (χ3v) is 13.7. The molecule has 1 aliphatic carbocycles. The molecule has 2 aromatic heterocycles. The van der Waals surface area contributed by atoms with Gasteiger partial charge in [-0.3, -0.25) is 0 Å². The molecule has 11 aromatic rings. The summed E-state index contributed by atoms with van der Waals surface area (Å²) in [5.41, 5.74) is 19.5. The maximum atomic E-state index is 3.90. The maximum absolute atomic E-state index is 3.90. The molecule has 2 nitrogen and oxygen atoms in total. The Hall–Kier alpha value is -6.94. The minimum absolute atomic E-state index is 0.0441. The monoisotopic (exact) mass is 830 g/mol. The lowest BCUT2D eigenvalue weighted by molar-refractivity contribution is 0.660. The van der Waals surface area contributed by atoms with Crippen LogP contribution in [0.2, 0.25) is 0 Å². The van der Waals surface area contributed by atoms with E-state index in [-0.39, 0.29) is 5.41 Å². The van der Waals surface area contributed by atoms with Crippen LogP contribution in [0.4, 0.5) is 0 Å². The van der Waals surface area contributed by atoms with Gasteiger partial charge in [0.25, 0.3) is 0 Å². The van der Waals surface area contributed by atoms with Gasteiger partial charge in [0.2, 0.25) is 0 Å². The van der Waals surface area contributed by atoms with E-state index in [0.717, 1.165) is 15.7 Å². The van der Waals surface area contributed by atoms with Gasteiger partial charge in [-0.1, -0.05) is 157 Å². The quantitative estimate of drug-likeness (QED) is 0.164. The predicted molar refractivity (Wildman–Crippen MR) is 257 cm³/mol. The third kappa shape index (κ3) is 5.25. The summed E-state index contributed by atoms with van der Waals surface area (Å²) >= 11 is 3.90. The lowest BCUT2D eigenvalue weighted by Gasteiger charge is -2.21. The van der Waals surface area contributed by atoms with Crippen molar-refractivity contribution in [3.63, 3.8) is 0 Å². The Labute approximate surface area is 357 Å². The zero-order valence-electron chi connectivity index (χ0n) is 33.3. The average molecular weight is 832 g/mol. The van der Waals surface area contributed by atoms with Crippen molar-refractivity contribution in [1.82, 2.24) is 9.13 Å². The SMILES string of the molecule is CC1(C)c2ccccc2-c2cc(-n3c4ccccc4c4ccc(-c5cc(-c6ccc7c8ccccc8n(-c8ccccc8)c7c6)cc(-c6ccccc6Br)c5)cc43)ccc21. The van der Waals surface area contributed by atoms with Crippen LogP contribution >= 0.6 is 15.9 Å². The predicted octanol–water partition coefficient (Wildman–Crippen LogP) is 16.0. The van der Waals surface area contributed by atoms with E-state index >= 15 is 0 Å². The van der Waals surface area contributed by atoms with Crippen LogP contribution in [0.5, 0.6) is 0 Å². The summed E-state index contributed by atoms with van der Waals surface area (Å²) in [6.45, 7) is 4.70. The second-order valence-electron chi connectivity index (χ2n) is 16.7. The maximum Gasteiger partial charge on any atom is 0.0547 e. The van der Waals surface area contributed by atoms with Crippen molar-refractivity contribution in [3.05, 3.63) is 216 Å². The smallest absolute Gasteiger partial charge is 0.0547 e. The third-order valence-electron chi connectivity index (χ3n) is 13.0. The first-order chi connectivity index (χ1) is 29.4. The molecule has 0 saturated heterocycles. The Morgan fingerprint density at radius 3 is 1.48 bits per heavy atom. The van der Waals surface area contributed by atoms with Gasteiger partial charge < -0.3 is 9.13 Å². The minimum atomic E-state index is -0.0441. The van der Waals surface area contributed by atoms with E-state index in [1.807, 2.05) is 0 Å². The number of hydrogen-bond acceptors (Lipinski definition) is 0. The van der Waals surface area contributed by atoms with E-state index in [1.54, 1.807) is 0 Å². The zero-order chi connectivity index (χ0) is 40.1. The zero-order valence-corrected chi connectivity index (χ0v) is 34.9. The first-order valence-electron chi connectivity index (χ1n) is 20.7. The number of para-hydroxylation sites is 3. The van der Waals surface area contributed by atoms with Crippen molar-refractivity contribution in [3.8, 4) is 55.9 Å². The van der Waals surface area contributed by atoms with Gasteiger partial charge in [0.05, 0.1) is 22.1 Å². The number of halogens is 1. The summed E-state index contributed by atoms with van der Waals surface area (Å²) in [5, 5.41) is 5.00. The second kappa shape index (κ2) is 13.3. The van der Waals surface area contributed by atoms with Gasteiger partial charge in [-0.05, 0) is 128 Å². The van der Waals surface area contributed by atoms with Crippen molar-refractivity contribution in [2.24, 2.45) is 0 Å². The highest BCUT2D eigenvalue weighted by molar-refractivity contribution is 9.10. The standard InChI is InChI=1S/C57H39BrN2/c1-57(2)50-20-10-6-17-44(50)49-35-42(26-29-51(49)57)60-54-23-13-9-19-46(54)48-28-25-37(34-56(48)60)39-30-38(31-40(32-39)43-16-7-11-21-52(43)58)36-24-27-47-45-18-8-12-22-53(45)59(55(47)33-36)41-14-4-3-5-15-41/h3-35H,1-2H3. The van der Waals surface area contributed by atoms with Gasteiger partial charge in [0, 0.05) is 42.8 Å². The molecule has 0 aliphatic heterocycles. The molecule has 0 saturated carbocycles. The van der Waals surface area contributed by atoms with Crippen LogP contribution in [0.15, 0.2) is 205 Å². The average Bonchev–Trinajstić information content (AvgIpc) is 3.89. The largest absolute Gasteiger partial charge is 0.309 e. The second-order valence-corrected chi connectivity index (χ2v) is 17.5. The summed E-state index contributed by atoms with van der Waals surface area (Å²) in [6, 6.07) is 73.9. The van der Waals surface area contributed by atoms with Crippen LogP contribution < -0.4 is 0 Å². The van der Waals surface area contributed by atoms with Crippen molar-refractivity contribution < 1.29 is 0 Å². The summed E-state index contributed by atoms with van der Waals surface area (Å²) in [4.78, 5) is 0. The molecule has 0 spiro atoms. The molecule has 0 unspecified atom stereocenters. The molecule has 0 N–H and O–H groups in total. The molecular weight excluding hydrogens is 793 g/mol. The topological polar surface area (TPSA) is 9.86 Å². The highest BCUT2D eigenvalue weighted by Gasteiger charge is 2.35. The van der Waals surface area contributed by atoms with E-state index in [9.17, 15) is 0 Å². The van der Waals surface area contributed by atoms with Crippen LogP contribution in [0, 0.1) is 0 Å². The van der Waals surface area contributed by atoms with Crippen LogP contribution in [-0.2, 0) is 5.41 Å². The van der Waals surface area contributed by atoms with Crippen LogP contribution in [-0.4, -0.2) is 9.13 Å². The van der Waals surface area contributed by atoms with Crippen molar-refractivity contribution in [2.75, 3.05) is 0 Å². The summed E-state index contributed by atoms with van der Waals surface area (Å²) < 4.78 is 5.94. The van der Waals surface area contributed by atoms with Gasteiger partial charge in [-0.15, -0.1) is 0 Å². The summed E-state index contributed by atoms with van der Waals surface area (Å²) in [6.07, 6.45) is 0. The van der Waals surface area contributed by atoms with Crippen LogP contribution in [0.1, 0.15) is 25.0 Å². The number of hydrogen-bond donors (Lipinski definition) is 0. The molecule has 12 rings (SSSR count). The Kier molecular flexibility index (Phi) is 7.76. The highest BCUT2D eigenvalue weighted by Crippen LogP contribution is 2.50. The van der Waals surface area contributed by atoms with Crippen molar-refractivity contribution in [2.45, 2.75) is 19.3 Å². The highest BCUT2D eigenvalue weighted by atomic mass is 79.9. The lowest BCUT2D eigenvalue weighted by Crippen LogP contribution is -2.14. The fraction of sp³-hybridized carbons (Fsp3) is 0.0526. The minimum Gasteiger partial charge on any atom is -0.309 e. The summed E-state index contributed by atoms with van der Waals surface area (Å²) in [7, 11) is 0. The number of aromatic nitrogens is 2. The molecule has 0 atom stereocenters. The van der Waals surface area contributed by atoms with E-state index in [2.05, 4.69) is 239 Å². The molecule has 60 heavy (non-hydrogen) atoms. The Balaban J connectivity index is 1.07. The van der Waals surface area contributed by atoms with Crippen molar-refractivity contribution in [1.29, 1.82) is 0 Å². The lowest BCUT2D eigenvalue weighted by atomic mass is 9.82. The van der Waals surface area contributed by atoms with Gasteiger partial charge in [-0.2, -0.15) is 0 Å². The molecule has 9 aromatic carbocycles. The summed E-state index contributed by atoms with van der Waals surface area (Å²) in [5.74, 6) is 0. The number of nitrogens with zero attached hydrogens (tertiary/aromatic N) is 2. The molecular formula is C57H39BrN2. The Bertz CT molecular complexity index is 3530. The molecule has 284 valence electrons.